The van der Waals surface area contributed by atoms with Crippen LogP contribution in [0.3, 0.4) is 0 Å². The summed E-state index contributed by atoms with van der Waals surface area (Å²) in [6.07, 6.45) is 2.29. The van der Waals surface area contributed by atoms with Crippen LogP contribution >= 0.6 is 0 Å². The molecule has 4 N–H and O–H groups in total. The molecular formula is C8H15N3O2. The molecule has 1 aliphatic rings. The number of nitrogens with two attached hydrogens (primary N) is 1. The Hall–Kier alpha value is -1.10. The lowest BCUT2D eigenvalue weighted by molar-refractivity contribution is -0.121. The highest BCUT2D eigenvalue weighted by Crippen LogP contribution is 2.05. The van der Waals surface area contributed by atoms with E-state index in [0.717, 1.165) is 19.4 Å². The van der Waals surface area contributed by atoms with Crippen molar-refractivity contribution in [3.63, 3.8) is 0 Å². The number of nitrogens with one attached hydrogen (secondary N) is 2. The van der Waals surface area contributed by atoms with Crippen molar-refractivity contribution < 1.29 is 9.59 Å². The van der Waals surface area contributed by atoms with Crippen LogP contribution in [0.15, 0.2) is 0 Å². The molecule has 5 nitrogen and oxygen atoms in total. The van der Waals surface area contributed by atoms with Crippen LogP contribution in [0.4, 0.5) is 0 Å². The summed E-state index contributed by atoms with van der Waals surface area (Å²) in [7, 11) is 0. The first-order valence-electron chi connectivity index (χ1n) is 4.47. The second kappa shape index (κ2) is 4.81. The van der Waals surface area contributed by atoms with Gasteiger partial charge in [-0.05, 0) is 12.8 Å². The minimum absolute atomic E-state index is 0.0412. The first-order valence-corrected chi connectivity index (χ1v) is 4.47. The Bertz CT molecular complexity index is 206. The predicted octanol–water partition coefficient (Wildman–Crippen LogP) is -1.27. The van der Waals surface area contributed by atoms with Crippen LogP contribution in [-0.4, -0.2) is 30.9 Å². The maximum atomic E-state index is 11.1. The van der Waals surface area contributed by atoms with E-state index in [-0.39, 0.29) is 24.4 Å². The number of hydrogen-bond acceptors (Lipinski definition) is 3. The molecule has 1 atom stereocenters. The lowest BCUT2D eigenvalue weighted by atomic mass is 10.1. The Morgan fingerprint density at radius 1 is 1.69 bits per heavy atom. The monoisotopic (exact) mass is 185 g/mol. The predicted molar refractivity (Wildman–Crippen MR) is 47.8 cm³/mol. The van der Waals surface area contributed by atoms with E-state index in [2.05, 4.69) is 10.6 Å². The fourth-order valence-electron chi connectivity index (χ4n) is 1.39. The molecule has 1 fully saturated rings. The van der Waals surface area contributed by atoms with Gasteiger partial charge < -0.3 is 16.4 Å². The second-order valence-corrected chi connectivity index (χ2v) is 3.24. The van der Waals surface area contributed by atoms with E-state index in [1.165, 1.54) is 0 Å². The zero-order valence-corrected chi connectivity index (χ0v) is 7.51. The normalized spacial score (nSPS) is 23.4. The SMILES string of the molecule is NC(=O)CNC1CCCNC(=O)C1. The van der Waals surface area contributed by atoms with Gasteiger partial charge in [-0.15, -0.1) is 0 Å². The van der Waals surface area contributed by atoms with Gasteiger partial charge in [0.2, 0.25) is 11.8 Å². The van der Waals surface area contributed by atoms with Gasteiger partial charge >= 0.3 is 0 Å². The van der Waals surface area contributed by atoms with Gasteiger partial charge in [0.1, 0.15) is 0 Å². The Labute approximate surface area is 77.1 Å². The summed E-state index contributed by atoms with van der Waals surface area (Å²) in [5, 5.41) is 5.72. The Balaban J connectivity index is 2.30. The van der Waals surface area contributed by atoms with Crippen LogP contribution in [0.5, 0.6) is 0 Å². The summed E-state index contributed by atoms with van der Waals surface area (Å²) in [5.74, 6) is -0.343. The van der Waals surface area contributed by atoms with E-state index in [4.69, 9.17) is 5.73 Å². The van der Waals surface area contributed by atoms with E-state index in [0.29, 0.717) is 6.42 Å². The van der Waals surface area contributed by atoms with Crippen molar-refractivity contribution in [1.82, 2.24) is 10.6 Å². The molecule has 0 aromatic carbocycles. The van der Waals surface area contributed by atoms with Crippen LogP contribution < -0.4 is 16.4 Å². The van der Waals surface area contributed by atoms with E-state index in [1.807, 2.05) is 0 Å². The Morgan fingerprint density at radius 3 is 3.15 bits per heavy atom. The van der Waals surface area contributed by atoms with Gasteiger partial charge in [0.15, 0.2) is 0 Å². The topological polar surface area (TPSA) is 84.2 Å². The summed E-state index contributed by atoms with van der Waals surface area (Å²) >= 11 is 0. The Kier molecular flexibility index (Phi) is 3.70. The van der Waals surface area contributed by atoms with Crippen molar-refractivity contribution in [2.75, 3.05) is 13.1 Å². The molecule has 0 saturated carbocycles. The minimum atomic E-state index is -0.385. The fraction of sp³-hybridized carbons (Fsp3) is 0.750. The van der Waals surface area contributed by atoms with Crippen LogP contribution in [-0.2, 0) is 9.59 Å². The molecule has 5 heteroatoms. The minimum Gasteiger partial charge on any atom is -0.369 e. The van der Waals surface area contributed by atoms with Gasteiger partial charge in [-0.25, -0.2) is 0 Å². The number of rotatable bonds is 3. The lowest BCUT2D eigenvalue weighted by Gasteiger charge is -2.12. The third-order valence-electron chi connectivity index (χ3n) is 2.05. The van der Waals surface area contributed by atoms with Gasteiger partial charge in [-0.1, -0.05) is 0 Å². The maximum absolute atomic E-state index is 11.1. The number of primary amides is 1. The smallest absolute Gasteiger partial charge is 0.231 e. The summed E-state index contributed by atoms with van der Waals surface area (Å²) in [6, 6.07) is 0.0926. The van der Waals surface area contributed by atoms with Crippen LogP contribution in [0.25, 0.3) is 0 Å². The van der Waals surface area contributed by atoms with E-state index < -0.39 is 0 Å². The molecule has 1 aliphatic heterocycles. The molecule has 0 spiro atoms. The summed E-state index contributed by atoms with van der Waals surface area (Å²) in [4.78, 5) is 21.5. The number of hydrogen-bond donors (Lipinski definition) is 3. The molecule has 0 bridgehead atoms. The average molecular weight is 185 g/mol. The molecule has 13 heavy (non-hydrogen) atoms. The molecule has 0 radical (unpaired) electrons. The molecule has 0 aromatic heterocycles. The van der Waals surface area contributed by atoms with Gasteiger partial charge in [0.05, 0.1) is 6.54 Å². The molecule has 1 heterocycles. The van der Waals surface area contributed by atoms with Crippen molar-refractivity contribution in [2.45, 2.75) is 25.3 Å². The zero-order valence-electron chi connectivity index (χ0n) is 7.51. The van der Waals surface area contributed by atoms with Gasteiger partial charge in [-0.3, -0.25) is 9.59 Å². The van der Waals surface area contributed by atoms with E-state index in [9.17, 15) is 9.59 Å². The molecule has 0 aliphatic carbocycles. The average Bonchev–Trinajstić information content (AvgIpc) is 2.26. The molecule has 74 valence electrons. The van der Waals surface area contributed by atoms with Crippen molar-refractivity contribution >= 4 is 11.8 Å². The van der Waals surface area contributed by atoms with Gasteiger partial charge in [0, 0.05) is 19.0 Å². The maximum Gasteiger partial charge on any atom is 0.231 e. The standard InChI is InChI=1S/C8H15N3O2/c9-7(12)5-11-6-2-1-3-10-8(13)4-6/h6,11H,1-5H2,(H2,9,12)(H,10,13). The van der Waals surface area contributed by atoms with Crippen molar-refractivity contribution in [2.24, 2.45) is 5.73 Å². The molecular weight excluding hydrogens is 170 g/mol. The van der Waals surface area contributed by atoms with Crippen LogP contribution in [0.1, 0.15) is 19.3 Å². The zero-order chi connectivity index (χ0) is 9.68. The summed E-state index contributed by atoms with van der Waals surface area (Å²) in [6.45, 7) is 0.880. The quantitative estimate of drug-likeness (QED) is 0.512. The third-order valence-corrected chi connectivity index (χ3v) is 2.05. The molecule has 1 rings (SSSR count). The van der Waals surface area contributed by atoms with Crippen molar-refractivity contribution in [3.8, 4) is 0 Å². The number of carbonyl (C=O) groups excluding carboxylic acids is 2. The van der Waals surface area contributed by atoms with Crippen LogP contribution in [0.2, 0.25) is 0 Å². The Morgan fingerprint density at radius 2 is 2.46 bits per heavy atom. The lowest BCUT2D eigenvalue weighted by Crippen LogP contribution is -2.38. The van der Waals surface area contributed by atoms with Gasteiger partial charge in [0.25, 0.3) is 0 Å². The van der Waals surface area contributed by atoms with Crippen molar-refractivity contribution in [3.05, 3.63) is 0 Å². The van der Waals surface area contributed by atoms with Crippen LogP contribution in [0, 0.1) is 0 Å². The highest BCUT2D eigenvalue weighted by atomic mass is 16.2. The molecule has 0 aromatic rings. The first kappa shape index (κ1) is 9.98. The summed E-state index contributed by atoms with van der Waals surface area (Å²) in [5.41, 5.74) is 4.98. The van der Waals surface area contributed by atoms with E-state index >= 15 is 0 Å². The molecule has 1 saturated heterocycles. The summed E-state index contributed by atoms with van der Waals surface area (Å²) < 4.78 is 0. The fourth-order valence-corrected chi connectivity index (χ4v) is 1.39. The third kappa shape index (κ3) is 3.89. The highest BCUT2D eigenvalue weighted by Gasteiger charge is 2.16. The number of carbonyl (C=O) groups is 2. The number of amides is 2. The highest BCUT2D eigenvalue weighted by molar-refractivity contribution is 5.77. The first-order chi connectivity index (χ1) is 6.18. The molecule has 1 unspecified atom stereocenters. The van der Waals surface area contributed by atoms with E-state index in [1.54, 1.807) is 0 Å². The van der Waals surface area contributed by atoms with Gasteiger partial charge in [-0.2, -0.15) is 0 Å². The largest absolute Gasteiger partial charge is 0.369 e. The molecule has 2 amide bonds. The second-order valence-electron chi connectivity index (χ2n) is 3.24. The van der Waals surface area contributed by atoms with Crippen molar-refractivity contribution in [1.29, 1.82) is 0 Å².